The number of morpholine rings is 1. The number of hydrogen-bond donors (Lipinski definition) is 1. The number of ether oxygens (including phenoxy) is 2. The van der Waals surface area contributed by atoms with Crippen LogP contribution in [-0.4, -0.2) is 44.7 Å². The molecule has 1 heterocycles. The zero-order chi connectivity index (χ0) is 18.4. The zero-order valence-electron chi connectivity index (χ0n) is 16.1. The molecule has 1 aliphatic rings. The van der Waals surface area contributed by atoms with E-state index < -0.39 is 0 Å². The SMILES string of the molecule is CN=C(NCc1cccc(OC)c1)N1CCOC(c2ccccc2C)C1.I. The van der Waals surface area contributed by atoms with Crippen LogP contribution >= 0.6 is 24.0 Å². The third-order valence-electron chi connectivity index (χ3n) is 4.70. The van der Waals surface area contributed by atoms with Gasteiger partial charge in [-0.3, -0.25) is 4.99 Å². The number of halogens is 1. The van der Waals surface area contributed by atoms with E-state index in [9.17, 15) is 0 Å². The van der Waals surface area contributed by atoms with Crippen LogP contribution in [0.15, 0.2) is 53.5 Å². The molecular formula is C21H28IN3O2. The number of nitrogens with one attached hydrogen (secondary N) is 1. The van der Waals surface area contributed by atoms with Crippen LogP contribution in [0.1, 0.15) is 22.8 Å². The summed E-state index contributed by atoms with van der Waals surface area (Å²) in [5.74, 6) is 1.76. The molecule has 0 bridgehead atoms. The van der Waals surface area contributed by atoms with Gasteiger partial charge < -0.3 is 19.7 Å². The first-order valence-corrected chi connectivity index (χ1v) is 8.97. The predicted molar refractivity (Wildman–Crippen MR) is 120 cm³/mol. The normalized spacial score (nSPS) is 17.2. The van der Waals surface area contributed by atoms with Gasteiger partial charge in [0.15, 0.2) is 5.96 Å². The van der Waals surface area contributed by atoms with Gasteiger partial charge in [0.2, 0.25) is 0 Å². The van der Waals surface area contributed by atoms with Gasteiger partial charge in [0.25, 0.3) is 0 Å². The van der Waals surface area contributed by atoms with Gasteiger partial charge >= 0.3 is 0 Å². The molecule has 1 N–H and O–H groups in total. The summed E-state index contributed by atoms with van der Waals surface area (Å²) in [4.78, 5) is 6.73. The fourth-order valence-corrected chi connectivity index (χ4v) is 3.27. The van der Waals surface area contributed by atoms with Gasteiger partial charge in [-0.05, 0) is 35.7 Å². The first-order chi connectivity index (χ1) is 12.7. The molecule has 1 unspecified atom stereocenters. The third-order valence-corrected chi connectivity index (χ3v) is 4.70. The van der Waals surface area contributed by atoms with Crippen molar-refractivity contribution < 1.29 is 9.47 Å². The highest BCUT2D eigenvalue weighted by molar-refractivity contribution is 14.0. The molecular weight excluding hydrogens is 453 g/mol. The van der Waals surface area contributed by atoms with Crippen LogP contribution in [0.25, 0.3) is 0 Å². The summed E-state index contributed by atoms with van der Waals surface area (Å²) in [7, 11) is 3.51. The largest absolute Gasteiger partial charge is 0.497 e. The minimum atomic E-state index is 0. The number of hydrogen-bond acceptors (Lipinski definition) is 3. The van der Waals surface area contributed by atoms with Crippen LogP contribution in [-0.2, 0) is 11.3 Å². The van der Waals surface area contributed by atoms with E-state index in [1.54, 1.807) is 7.11 Å². The highest BCUT2D eigenvalue weighted by atomic mass is 127. The van der Waals surface area contributed by atoms with E-state index in [-0.39, 0.29) is 30.1 Å². The Labute approximate surface area is 178 Å². The Kier molecular flexibility index (Phi) is 8.37. The smallest absolute Gasteiger partial charge is 0.194 e. The summed E-state index contributed by atoms with van der Waals surface area (Å²) >= 11 is 0. The van der Waals surface area contributed by atoms with Crippen molar-refractivity contribution in [1.82, 2.24) is 10.2 Å². The van der Waals surface area contributed by atoms with Crippen molar-refractivity contribution in [3.63, 3.8) is 0 Å². The Morgan fingerprint density at radius 1 is 1.26 bits per heavy atom. The Hall–Kier alpha value is -1.80. The Balaban J connectivity index is 0.00000261. The van der Waals surface area contributed by atoms with E-state index in [2.05, 4.69) is 52.5 Å². The molecule has 2 aromatic rings. The van der Waals surface area contributed by atoms with Gasteiger partial charge in [0.1, 0.15) is 11.9 Å². The monoisotopic (exact) mass is 481 g/mol. The molecule has 0 spiro atoms. The minimum absolute atomic E-state index is 0. The first kappa shape index (κ1) is 21.5. The first-order valence-electron chi connectivity index (χ1n) is 8.97. The lowest BCUT2D eigenvalue weighted by molar-refractivity contribution is -0.00833. The Morgan fingerprint density at radius 3 is 2.81 bits per heavy atom. The molecule has 5 nitrogen and oxygen atoms in total. The molecule has 1 atom stereocenters. The van der Waals surface area contributed by atoms with Crippen LogP contribution in [0.2, 0.25) is 0 Å². The van der Waals surface area contributed by atoms with Crippen molar-refractivity contribution in [2.75, 3.05) is 33.9 Å². The van der Waals surface area contributed by atoms with E-state index in [4.69, 9.17) is 9.47 Å². The maximum absolute atomic E-state index is 6.02. The molecule has 27 heavy (non-hydrogen) atoms. The standard InChI is InChI=1S/C21H27N3O2.HI/c1-16-7-4-5-10-19(16)20-15-24(11-12-26-20)21(22-2)23-14-17-8-6-9-18(13-17)25-3;/h4-10,13,20H,11-12,14-15H2,1-3H3,(H,22,23);1H. The van der Waals surface area contributed by atoms with Gasteiger partial charge in [-0.15, -0.1) is 24.0 Å². The van der Waals surface area contributed by atoms with Crippen molar-refractivity contribution in [2.45, 2.75) is 19.6 Å². The second kappa shape index (κ2) is 10.5. The molecule has 0 aliphatic carbocycles. The van der Waals surface area contributed by atoms with Crippen LogP contribution in [0, 0.1) is 6.92 Å². The van der Waals surface area contributed by atoms with Crippen molar-refractivity contribution >= 4 is 29.9 Å². The fourth-order valence-electron chi connectivity index (χ4n) is 3.27. The summed E-state index contributed by atoms with van der Waals surface area (Å²) in [6.45, 7) is 5.16. The van der Waals surface area contributed by atoms with Crippen molar-refractivity contribution in [2.24, 2.45) is 4.99 Å². The molecule has 2 aromatic carbocycles. The zero-order valence-corrected chi connectivity index (χ0v) is 18.5. The fraction of sp³-hybridized carbons (Fsp3) is 0.381. The molecule has 1 saturated heterocycles. The number of guanidine groups is 1. The molecule has 3 rings (SSSR count). The van der Waals surface area contributed by atoms with Crippen LogP contribution in [0.5, 0.6) is 5.75 Å². The van der Waals surface area contributed by atoms with Gasteiger partial charge in [-0.2, -0.15) is 0 Å². The maximum Gasteiger partial charge on any atom is 0.194 e. The van der Waals surface area contributed by atoms with Gasteiger partial charge in [0, 0.05) is 20.1 Å². The van der Waals surface area contributed by atoms with E-state index in [1.165, 1.54) is 11.1 Å². The van der Waals surface area contributed by atoms with E-state index in [0.29, 0.717) is 13.2 Å². The summed E-state index contributed by atoms with van der Waals surface area (Å²) in [5, 5.41) is 3.46. The molecule has 146 valence electrons. The van der Waals surface area contributed by atoms with Crippen LogP contribution in [0.4, 0.5) is 0 Å². The second-order valence-corrected chi connectivity index (χ2v) is 6.41. The topological polar surface area (TPSA) is 46.1 Å². The van der Waals surface area contributed by atoms with Gasteiger partial charge in [-0.25, -0.2) is 0 Å². The quantitative estimate of drug-likeness (QED) is 0.411. The predicted octanol–water partition coefficient (Wildman–Crippen LogP) is 3.77. The molecule has 6 heteroatoms. The molecule has 0 amide bonds. The van der Waals surface area contributed by atoms with Gasteiger partial charge in [0.05, 0.1) is 20.3 Å². The molecule has 0 saturated carbocycles. The maximum atomic E-state index is 6.02. The minimum Gasteiger partial charge on any atom is -0.497 e. The van der Waals surface area contributed by atoms with Crippen LogP contribution < -0.4 is 10.1 Å². The molecule has 1 fully saturated rings. The van der Waals surface area contributed by atoms with E-state index >= 15 is 0 Å². The third kappa shape index (κ3) is 5.59. The van der Waals surface area contributed by atoms with Crippen molar-refractivity contribution in [1.29, 1.82) is 0 Å². The Bertz CT molecular complexity index is 767. The lowest BCUT2D eigenvalue weighted by atomic mass is 10.0. The number of methoxy groups -OCH3 is 1. The van der Waals surface area contributed by atoms with Crippen molar-refractivity contribution in [3.05, 3.63) is 65.2 Å². The average molecular weight is 481 g/mol. The lowest BCUT2D eigenvalue weighted by Crippen LogP contribution is -2.48. The van der Waals surface area contributed by atoms with Crippen LogP contribution in [0.3, 0.4) is 0 Å². The summed E-state index contributed by atoms with van der Waals surface area (Å²) in [5.41, 5.74) is 3.67. The second-order valence-electron chi connectivity index (χ2n) is 6.41. The Morgan fingerprint density at radius 2 is 2.07 bits per heavy atom. The summed E-state index contributed by atoms with van der Waals surface area (Å²) in [6, 6.07) is 16.5. The molecule has 0 radical (unpaired) electrons. The lowest BCUT2D eigenvalue weighted by Gasteiger charge is -2.35. The molecule has 0 aromatic heterocycles. The number of aliphatic imine (C=N–C) groups is 1. The van der Waals surface area contributed by atoms with Crippen molar-refractivity contribution in [3.8, 4) is 5.75 Å². The number of benzene rings is 2. The van der Waals surface area contributed by atoms with E-state index in [1.807, 2.05) is 25.2 Å². The number of nitrogens with zero attached hydrogens (tertiary/aromatic N) is 2. The highest BCUT2D eigenvalue weighted by Gasteiger charge is 2.25. The summed E-state index contributed by atoms with van der Waals surface area (Å²) in [6.07, 6.45) is 0.0697. The summed E-state index contributed by atoms with van der Waals surface area (Å²) < 4.78 is 11.3. The van der Waals surface area contributed by atoms with Gasteiger partial charge in [-0.1, -0.05) is 36.4 Å². The van der Waals surface area contributed by atoms with E-state index in [0.717, 1.165) is 30.4 Å². The number of aryl methyl sites for hydroxylation is 1. The highest BCUT2D eigenvalue weighted by Crippen LogP contribution is 2.25. The molecule has 1 aliphatic heterocycles. The number of rotatable bonds is 4. The average Bonchev–Trinajstić information content (AvgIpc) is 2.69.